The summed E-state index contributed by atoms with van der Waals surface area (Å²) in [5, 5.41) is 36.1. The van der Waals surface area contributed by atoms with Gasteiger partial charge in [0.2, 0.25) is 0 Å². The van der Waals surface area contributed by atoms with E-state index in [2.05, 4.69) is 50.2 Å². The van der Waals surface area contributed by atoms with Crippen LogP contribution in [-0.4, -0.2) is 22.6 Å². The Labute approximate surface area is 245 Å². The predicted molar refractivity (Wildman–Crippen MR) is 165 cm³/mol. The van der Waals surface area contributed by atoms with Gasteiger partial charge in [-0.25, -0.2) is 0 Å². The SMILES string of the molecule is Brc1cccc2sccc12.O=[N+]([O-])c1ccccc1-c1cccc2sccc12.O=[N+]([O-])c1ccccc1O[B]O. The van der Waals surface area contributed by atoms with Crippen LogP contribution in [0.1, 0.15) is 0 Å². The van der Waals surface area contributed by atoms with Crippen molar-refractivity contribution in [3.8, 4) is 16.9 Å². The quantitative estimate of drug-likeness (QED) is 0.115. The van der Waals surface area contributed by atoms with Crippen LogP contribution >= 0.6 is 38.6 Å². The summed E-state index contributed by atoms with van der Waals surface area (Å²) in [5.74, 6) is 0.0185. The molecule has 40 heavy (non-hydrogen) atoms. The van der Waals surface area contributed by atoms with Crippen molar-refractivity contribution < 1.29 is 19.5 Å². The number of halogens is 1. The highest BCUT2D eigenvalue weighted by molar-refractivity contribution is 9.10. The molecule has 6 aromatic rings. The van der Waals surface area contributed by atoms with Crippen LogP contribution in [0.2, 0.25) is 0 Å². The maximum absolute atomic E-state index is 11.1. The van der Waals surface area contributed by atoms with Gasteiger partial charge in [0.25, 0.3) is 5.69 Å². The Kier molecular flexibility index (Phi) is 9.98. The topological polar surface area (TPSA) is 116 Å². The van der Waals surface area contributed by atoms with E-state index in [0.717, 1.165) is 15.6 Å². The molecule has 8 nitrogen and oxygen atoms in total. The highest BCUT2D eigenvalue weighted by Gasteiger charge is 2.16. The number of hydrogen-bond donors (Lipinski definition) is 1. The third-order valence-electron chi connectivity index (χ3n) is 5.57. The molecule has 12 heteroatoms. The van der Waals surface area contributed by atoms with Gasteiger partial charge in [0.1, 0.15) is 0 Å². The normalized spacial score (nSPS) is 10.2. The van der Waals surface area contributed by atoms with Crippen molar-refractivity contribution in [1.82, 2.24) is 0 Å². The second-order valence-electron chi connectivity index (χ2n) is 7.93. The molecule has 0 atom stereocenters. The molecule has 0 bridgehead atoms. The van der Waals surface area contributed by atoms with Crippen molar-refractivity contribution in [2.45, 2.75) is 0 Å². The molecule has 4 aromatic carbocycles. The van der Waals surface area contributed by atoms with Gasteiger partial charge in [0.15, 0.2) is 5.75 Å². The fraction of sp³-hybridized carbons (Fsp3) is 0. The van der Waals surface area contributed by atoms with Crippen molar-refractivity contribution in [2.75, 3.05) is 0 Å². The van der Waals surface area contributed by atoms with E-state index in [9.17, 15) is 20.2 Å². The van der Waals surface area contributed by atoms with Crippen LogP contribution in [0.3, 0.4) is 0 Å². The van der Waals surface area contributed by atoms with Crippen molar-refractivity contribution in [3.63, 3.8) is 0 Å². The summed E-state index contributed by atoms with van der Waals surface area (Å²) >= 11 is 6.89. The lowest BCUT2D eigenvalue weighted by Crippen LogP contribution is -2.02. The third-order valence-corrected chi connectivity index (χ3v) is 8.03. The lowest BCUT2D eigenvalue weighted by atomic mass is 10.0. The molecule has 0 unspecified atom stereocenters. The number of nitro groups is 2. The number of nitro benzene ring substituents is 2. The predicted octanol–water partition coefficient (Wildman–Crippen LogP) is 8.64. The molecule has 0 amide bonds. The van der Waals surface area contributed by atoms with Crippen molar-refractivity contribution >= 4 is 77.8 Å². The summed E-state index contributed by atoms with van der Waals surface area (Å²) in [7, 11) is 0.405. The van der Waals surface area contributed by atoms with Gasteiger partial charge in [-0.3, -0.25) is 20.2 Å². The van der Waals surface area contributed by atoms with Crippen molar-refractivity contribution in [3.05, 3.63) is 133 Å². The number of rotatable bonds is 5. The van der Waals surface area contributed by atoms with Gasteiger partial charge in [-0.15, -0.1) is 22.7 Å². The zero-order chi connectivity index (χ0) is 28.5. The average molecular weight is 634 g/mol. The fourth-order valence-corrected chi connectivity index (χ4v) is 6.07. The van der Waals surface area contributed by atoms with Crippen LogP contribution in [0.5, 0.6) is 5.75 Å². The van der Waals surface area contributed by atoms with Crippen LogP contribution in [-0.2, 0) is 0 Å². The molecule has 0 saturated carbocycles. The first-order valence-corrected chi connectivity index (χ1v) is 14.1. The number of para-hydroxylation sites is 3. The number of benzene rings is 4. The molecule has 0 aliphatic heterocycles. The standard InChI is InChI=1S/C14H9NO2S.C8H5BrS.C6H5BNO4/c16-15(17)13-6-2-1-4-11(13)10-5-3-7-14-12(10)8-9-18-14;9-7-2-1-3-8-6(7)4-5-10-8;9-7-12-6-4-2-1-3-5(6)8(10)11/h1-9H;1-5H;1-4,9H. The van der Waals surface area contributed by atoms with E-state index in [4.69, 9.17) is 5.02 Å². The molecule has 0 fully saturated rings. The minimum atomic E-state index is -0.584. The number of hydrogen-bond acceptors (Lipinski definition) is 8. The Bertz CT molecular complexity index is 1770. The molecule has 0 aliphatic rings. The van der Waals surface area contributed by atoms with Gasteiger partial charge in [-0.1, -0.05) is 58.4 Å². The summed E-state index contributed by atoms with van der Waals surface area (Å²) in [6.07, 6.45) is 0. The van der Waals surface area contributed by atoms with E-state index in [1.54, 1.807) is 46.9 Å². The van der Waals surface area contributed by atoms with Crippen LogP contribution in [0.4, 0.5) is 11.4 Å². The van der Waals surface area contributed by atoms with Crippen LogP contribution in [0.25, 0.3) is 31.3 Å². The van der Waals surface area contributed by atoms with Crippen LogP contribution < -0.4 is 4.65 Å². The molecule has 199 valence electrons. The molecular weight excluding hydrogens is 615 g/mol. The zero-order valence-electron chi connectivity index (χ0n) is 20.5. The molecule has 0 aliphatic carbocycles. The lowest BCUT2D eigenvalue weighted by molar-refractivity contribution is -0.385. The summed E-state index contributed by atoms with van der Waals surface area (Å²) in [4.78, 5) is 20.5. The number of thiophene rings is 2. The maximum atomic E-state index is 11.1. The van der Waals surface area contributed by atoms with E-state index < -0.39 is 4.92 Å². The maximum Gasteiger partial charge on any atom is 0.569 e. The Morgan fingerprint density at radius 2 is 1.23 bits per heavy atom. The van der Waals surface area contributed by atoms with E-state index in [1.807, 2.05) is 35.7 Å². The smallest absolute Gasteiger partial charge is 0.533 e. The lowest BCUT2D eigenvalue weighted by Gasteiger charge is -2.04. The van der Waals surface area contributed by atoms with E-state index in [-0.39, 0.29) is 22.0 Å². The third kappa shape index (κ3) is 6.91. The fourth-order valence-electron chi connectivity index (χ4n) is 3.81. The summed E-state index contributed by atoms with van der Waals surface area (Å²) in [6.45, 7) is 0. The second kappa shape index (κ2) is 13.8. The minimum absolute atomic E-state index is 0.0185. The largest absolute Gasteiger partial charge is 0.569 e. The Balaban J connectivity index is 0.000000147. The molecule has 1 N–H and O–H groups in total. The summed E-state index contributed by atoms with van der Waals surface area (Å²) in [6, 6.07) is 28.9. The Morgan fingerprint density at radius 1 is 0.675 bits per heavy atom. The summed E-state index contributed by atoms with van der Waals surface area (Å²) < 4.78 is 8.16. The van der Waals surface area contributed by atoms with Gasteiger partial charge in [-0.2, -0.15) is 0 Å². The van der Waals surface area contributed by atoms with Gasteiger partial charge in [0.05, 0.1) is 15.4 Å². The van der Waals surface area contributed by atoms with E-state index in [0.29, 0.717) is 13.2 Å². The highest BCUT2D eigenvalue weighted by atomic mass is 79.9. The summed E-state index contributed by atoms with van der Waals surface area (Å²) in [5.41, 5.74) is 1.56. The Morgan fingerprint density at radius 3 is 1.88 bits per heavy atom. The molecule has 1 radical (unpaired) electrons. The molecule has 6 rings (SSSR count). The number of nitrogens with zero attached hydrogens (tertiary/aromatic N) is 2. The van der Waals surface area contributed by atoms with Gasteiger partial charge >= 0.3 is 13.4 Å². The van der Waals surface area contributed by atoms with E-state index >= 15 is 0 Å². The van der Waals surface area contributed by atoms with Crippen molar-refractivity contribution in [2.24, 2.45) is 0 Å². The van der Waals surface area contributed by atoms with Gasteiger partial charge in [-0.05, 0) is 58.8 Å². The molecule has 0 spiro atoms. The average Bonchev–Trinajstić information content (AvgIpc) is 3.65. The first-order valence-electron chi connectivity index (χ1n) is 11.6. The van der Waals surface area contributed by atoms with Gasteiger partial charge in [0, 0.05) is 36.8 Å². The molecule has 0 saturated heterocycles. The molecule has 2 heterocycles. The van der Waals surface area contributed by atoms with Crippen LogP contribution in [0, 0.1) is 20.2 Å². The van der Waals surface area contributed by atoms with Gasteiger partial charge < -0.3 is 9.68 Å². The Hall–Kier alpha value is -4.10. The zero-order valence-corrected chi connectivity index (χ0v) is 23.8. The highest BCUT2D eigenvalue weighted by Crippen LogP contribution is 2.36. The first kappa shape index (κ1) is 28.9. The van der Waals surface area contributed by atoms with E-state index in [1.165, 1.54) is 32.8 Å². The van der Waals surface area contributed by atoms with Crippen LogP contribution in [0.15, 0.2) is 112 Å². The molecular formula is C28H19BBrN2O6S2. The number of fused-ring (bicyclic) bond motifs is 2. The molecule has 2 aromatic heterocycles. The van der Waals surface area contributed by atoms with Crippen molar-refractivity contribution in [1.29, 1.82) is 0 Å². The second-order valence-corrected chi connectivity index (χ2v) is 10.7. The first-order chi connectivity index (χ1) is 19.4. The minimum Gasteiger partial charge on any atom is -0.533 e. The monoisotopic (exact) mass is 633 g/mol.